The van der Waals surface area contributed by atoms with E-state index < -0.39 is 0 Å². The van der Waals surface area contributed by atoms with Crippen LogP contribution in [0.1, 0.15) is 23.6 Å². The summed E-state index contributed by atoms with van der Waals surface area (Å²) in [5, 5.41) is 9.55. The van der Waals surface area contributed by atoms with Crippen molar-refractivity contribution in [1.82, 2.24) is 9.80 Å². The number of benzene rings is 2. The van der Waals surface area contributed by atoms with E-state index in [0.717, 1.165) is 37.2 Å². The zero-order valence-electron chi connectivity index (χ0n) is 24.4. The largest absolute Gasteiger partial charge is 0.394 e. The Kier molecular flexibility index (Phi) is 16.7. The number of carbonyl (C=O) groups is 1. The molecule has 11 heteroatoms. The summed E-state index contributed by atoms with van der Waals surface area (Å²) in [4.78, 5) is 17.5. The Balaban J connectivity index is 1.33. The summed E-state index contributed by atoms with van der Waals surface area (Å²) < 4.78 is 27.7. The van der Waals surface area contributed by atoms with Crippen molar-refractivity contribution < 1.29 is 33.6 Å². The van der Waals surface area contributed by atoms with Crippen LogP contribution in [0.5, 0.6) is 0 Å². The van der Waals surface area contributed by atoms with E-state index >= 15 is 0 Å². The summed E-state index contributed by atoms with van der Waals surface area (Å²) in [6, 6.07) is 15.4. The third kappa shape index (κ3) is 12.8. The molecule has 2 aromatic carbocycles. The van der Waals surface area contributed by atoms with Crippen LogP contribution >= 0.6 is 23.2 Å². The predicted molar refractivity (Wildman–Crippen MR) is 163 cm³/mol. The SMILES string of the molecule is CN(C(=O)Cc1ccc(Cl)c(Cl)c1)[C@H](CN1CC[C@H](OCCOCCOCCOCCOCCO)C1)c1ccccc1. The maximum atomic E-state index is 13.3. The van der Waals surface area contributed by atoms with Crippen LogP contribution in [0.15, 0.2) is 48.5 Å². The molecule has 42 heavy (non-hydrogen) atoms. The molecule has 0 aliphatic carbocycles. The highest BCUT2D eigenvalue weighted by Crippen LogP contribution is 2.26. The zero-order chi connectivity index (χ0) is 30.0. The topological polar surface area (TPSA) is 89.9 Å². The molecule has 1 fully saturated rings. The van der Waals surface area contributed by atoms with E-state index in [9.17, 15) is 4.79 Å². The minimum absolute atomic E-state index is 0.0201. The second-order valence-corrected chi connectivity index (χ2v) is 10.9. The number of nitrogens with zero attached hydrogens (tertiary/aromatic N) is 2. The number of hydrogen-bond acceptors (Lipinski definition) is 8. The smallest absolute Gasteiger partial charge is 0.227 e. The van der Waals surface area contributed by atoms with Gasteiger partial charge in [-0.3, -0.25) is 9.69 Å². The number of likely N-dealkylation sites (tertiary alicyclic amines) is 1. The van der Waals surface area contributed by atoms with Crippen molar-refractivity contribution in [2.45, 2.75) is 25.0 Å². The van der Waals surface area contributed by atoms with Crippen LogP contribution in [0.4, 0.5) is 0 Å². The highest BCUT2D eigenvalue weighted by Gasteiger charge is 2.29. The van der Waals surface area contributed by atoms with Gasteiger partial charge in [0.05, 0.1) is 94.7 Å². The molecular weight excluding hydrogens is 583 g/mol. The van der Waals surface area contributed by atoms with Crippen LogP contribution in [-0.4, -0.2) is 120 Å². The van der Waals surface area contributed by atoms with E-state index in [2.05, 4.69) is 17.0 Å². The first-order valence-electron chi connectivity index (χ1n) is 14.5. The number of aliphatic hydroxyl groups excluding tert-OH is 1. The third-order valence-corrected chi connectivity index (χ3v) is 7.72. The van der Waals surface area contributed by atoms with Gasteiger partial charge < -0.3 is 33.7 Å². The Labute approximate surface area is 259 Å². The molecule has 1 heterocycles. The number of ether oxygens (including phenoxy) is 5. The summed E-state index contributed by atoms with van der Waals surface area (Å²) in [5.74, 6) is 0.0201. The van der Waals surface area contributed by atoms with E-state index in [-0.39, 0.29) is 31.1 Å². The monoisotopic (exact) mass is 626 g/mol. The standard InChI is InChI=1S/C31H44Cl2N2O7/c1-34(31(37)22-25-7-8-28(32)29(33)21-25)30(26-5-3-2-4-6-26)24-35-10-9-27(23-35)42-20-19-41-18-17-40-16-15-39-14-13-38-12-11-36/h2-8,21,27,30,36H,9-20,22-24H2,1H3/t27-,30+/m0/s1. The molecule has 3 rings (SSSR count). The molecule has 2 aromatic rings. The van der Waals surface area contributed by atoms with Gasteiger partial charge in [-0.1, -0.05) is 59.6 Å². The van der Waals surface area contributed by atoms with Crippen LogP contribution in [0.25, 0.3) is 0 Å². The second kappa shape index (κ2) is 20.2. The van der Waals surface area contributed by atoms with Gasteiger partial charge in [0.15, 0.2) is 0 Å². The number of aliphatic hydroxyl groups is 1. The van der Waals surface area contributed by atoms with Gasteiger partial charge in [0, 0.05) is 26.7 Å². The fourth-order valence-corrected chi connectivity index (χ4v) is 5.01. The van der Waals surface area contributed by atoms with Crippen molar-refractivity contribution in [2.75, 3.05) is 92.8 Å². The Morgan fingerprint density at radius 3 is 2.14 bits per heavy atom. The maximum absolute atomic E-state index is 13.3. The number of halogens is 2. The first kappa shape index (κ1) is 34.7. The molecule has 0 saturated carbocycles. The lowest BCUT2D eigenvalue weighted by Gasteiger charge is -2.32. The van der Waals surface area contributed by atoms with Crippen LogP contribution in [-0.2, 0) is 34.9 Å². The minimum atomic E-state index is -0.0893. The fraction of sp³-hybridized carbons (Fsp3) is 0.581. The Bertz CT molecular complexity index is 1030. The average molecular weight is 628 g/mol. The number of carbonyl (C=O) groups excluding carboxylic acids is 1. The van der Waals surface area contributed by atoms with Crippen molar-refractivity contribution >= 4 is 29.1 Å². The number of rotatable bonds is 21. The van der Waals surface area contributed by atoms with Gasteiger partial charge in [-0.25, -0.2) is 0 Å². The van der Waals surface area contributed by atoms with Gasteiger partial charge in [-0.15, -0.1) is 0 Å². The van der Waals surface area contributed by atoms with E-state index in [1.165, 1.54) is 0 Å². The Hall–Kier alpha value is -1.79. The molecule has 1 aliphatic rings. The van der Waals surface area contributed by atoms with Gasteiger partial charge >= 0.3 is 0 Å². The quantitative estimate of drug-likeness (QED) is 0.209. The molecular formula is C31H44Cl2N2O7. The lowest BCUT2D eigenvalue weighted by molar-refractivity contribution is -0.131. The molecule has 234 valence electrons. The summed E-state index contributed by atoms with van der Waals surface area (Å²) in [5.41, 5.74) is 1.93. The van der Waals surface area contributed by atoms with Gasteiger partial charge in [0.1, 0.15) is 0 Å². The molecule has 1 aliphatic heterocycles. The van der Waals surface area contributed by atoms with Gasteiger partial charge in [-0.05, 0) is 29.7 Å². The van der Waals surface area contributed by atoms with Gasteiger partial charge in [0.2, 0.25) is 5.91 Å². The molecule has 9 nitrogen and oxygen atoms in total. The van der Waals surface area contributed by atoms with Crippen LogP contribution < -0.4 is 0 Å². The molecule has 1 saturated heterocycles. The molecule has 1 N–H and O–H groups in total. The van der Waals surface area contributed by atoms with E-state index in [4.69, 9.17) is 52.0 Å². The van der Waals surface area contributed by atoms with Crippen LogP contribution in [0.3, 0.4) is 0 Å². The van der Waals surface area contributed by atoms with E-state index in [1.807, 2.05) is 36.2 Å². The number of likely N-dealkylation sites (N-methyl/N-ethyl adjacent to an activating group) is 1. The first-order valence-corrected chi connectivity index (χ1v) is 15.2. The first-order chi connectivity index (χ1) is 20.5. The second-order valence-electron chi connectivity index (χ2n) is 10.1. The van der Waals surface area contributed by atoms with E-state index in [0.29, 0.717) is 69.5 Å². The summed E-state index contributed by atoms with van der Waals surface area (Å²) in [7, 11) is 1.87. The normalized spacial score (nSPS) is 16.1. The van der Waals surface area contributed by atoms with E-state index in [1.54, 1.807) is 12.1 Å². The van der Waals surface area contributed by atoms with Crippen molar-refractivity contribution in [2.24, 2.45) is 0 Å². The van der Waals surface area contributed by atoms with Crippen molar-refractivity contribution in [1.29, 1.82) is 0 Å². The molecule has 2 atom stereocenters. The predicted octanol–water partition coefficient (Wildman–Crippen LogP) is 3.89. The van der Waals surface area contributed by atoms with Crippen LogP contribution in [0, 0.1) is 0 Å². The number of hydrogen-bond donors (Lipinski definition) is 1. The highest BCUT2D eigenvalue weighted by molar-refractivity contribution is 6.42. The fourth-order valence-electron chi connectivity index (χ4n) is 4.69. The summed E-state index contributed by atoms with van der Waals surface area (Å²) >= 11 is 12.2. The van der Waals surface area contributed by atoms with Crippen molar-refractivity contribution in [3.05, 3.63) is 69.7 Å². The molecule has 0 spiro atoms. The van der Waals surface area contributed by atoms with Crippen molar-refractivity contribution in [3.8, 4) is 0 Å². The van der Waals surface area contributed by atoms with Crippen molar-refractivity contribution in [3.63, 3.8) is 0 Å². The molecule has 0 aromatic heterocycles. The lowest BCUT2D eigenvalue weighted by atomic mass is 10.0. The Morgan fingerprint density at radius 2 is 1.52 bits per heavy atom. The number of amides is 1. The molecule has 0 radical (unpaired) electrons. The average Bonchev–Trinajstić information content (AvgIpc) is 3.45. The minimum Gasteiger partial charge on any atom is -0.394 e. The summed E-state index contributed by atoms with van der Waals surface area (Å²) in [6.45, 7) is 6.78. The van der Waals surface area contributed by atoms with Gasteiger partial charge in [-0.2, -0.15) is 0 Å². The lowest BCUT2D eigenvalue weighted by Crippen LogP contribution is -2.39. The maximum Gasteiger partial charge on any atom is 0.227 e. The summed E-state index contributed by atoms with van der Waals surface area (Å²) in [6.07, 6.45) is 1.33. The van der Waals surface area contributed by atoms with Gasteiger partial charge in [0.25, 0.3) is 0 Å². The Morgan fingerprint density at radius 1 is 0.905 bits per heavy atom. The zero-order valence-corrected chi connectivity index (χ0v) is 25.9. The molecule has 0 unspecified atom stereocenters. The third-order valence-electron chi connectivity index (χ3n) is 6.98. The molecule has 1 amide bonds. The van der Waals surface area contributed by atoms with Crippen LogP contribution in [0.2, 0.25) is 10.0 Å². The molecule has 0 bridgehead atoms. The highest BCUT2D eigenvalue weighted by atomic mass is 35.5.